The van der Waals surface area contributed by atoms with Crippen molar-refractivity contribution in [2.75, 3.05) is 14.2 Å². The van der Waals surface area contributed by atoms with Gasteiger partial charge in [-0.1, -0.05) is 6.92 Å². The van der Waals surface area contributed by atoms with E-state index in [1.54, 1.807) is 13.3 Å². The smallest absolute Gasteiger partial charge is 0.161 e. The highest BCUT2D eigenvalue weighted by molar-refractivity contribution is 5.27. The quantitative estimate of drug-likeness (QED) is 0.759. The van der Waals surface area contributed by atoms with Gasteiger partial charge in [0, 0.05) is 7.05 Å². The molecular weight excluding hydrogens is 166 g/mol. The van der Waals surface area contributed by atoms with Gasteiger partial charge in [-0.15, -0.1) is 0 Å². The zero-order valence-corrected chi connectivity index (χ0v) is 8.66. The van der Waals surface area contributed by atoms with E-state index in [9.17, 15) is 0 Å². The Morgan fingerprint density at radius 2 is 2.38 bits per heavy atom. The van der Waals surface area contributed by atoms with Crippen LogP contribution in [0.4, 0.5) is 0 Å². The summed E-state index contributed by atoms with van der Waals surface area (Å²) >= 11 is 0. The Labute approximate surface area is 78.9 Å². The van der Waals surface area contributed by atoms with Crippen LogP contribution in [0.2, 0.25) is 0 Å². The lowest BCUT2D eigenvalue weighted by molar-refractivity contribution is 0.395. The van der Waals surface area contributed by atoms with E-state index in [4.69, 9.17) is 4.74 Å². The molecule has 0 amide bonds. The first-order chi connectivity index (χ1) is 6.24. The maximum absolute atomic E-state index is 5.23. The summed E-state index contributed by atoms with van der Waals surface area (Å²) < 4.78 is 7.08. The third-order valence-corrected chi connectivity index (χ3v) is 2.26. The molecule has 0 aliphatic rings. The first-order valence-corrected chi connectivity index (χ1v) is 4.47. The number of aryl methyl sites for hydroxylation is 1. The van der Waals surface area contributed by atoms with Crippen molar-refractivity contribution < 1.29 is 4.74 Å². The standard InChI is InChI=1S/C9H17N3O/c1-5-7(10-2)9-8(13-4)6-11-12(9)3/h6-7,10H,5H2,1-4H3. The molecule has 1 aromatic rings. The number of hydrogen-bond donors (Lipinski definition) is 1. The van der Waals surface area contributed by atoms with Gasteiger partial charge in [-0.25, -0.2) is 0 Å². The Balaban J connectivity index is 3.01. The van der Waals surface area contributed by atoms with Crippen molar-refractivity contribution in [3.05, 3.63) is 11.9 Å². The van der Waals surface area contributed by atoms with Gasteiger partial charge in [0.15, 0.2) is 5.75 Å². The molecule has 1 aromatic heterocycles. The minimum Gasteiger partial charge on any atom is -0.493 e. The van der Waals surface area contributed by atoms with Gasteiger partial charge in [0.2, 0.25) is 0 Å². The van der Waals surface area contributed by atoms with E-state index in [0.717, 1.165) is 17.9 Å². The van der Waals surface area contributed by atoms with E-state index in [-0.39, 0.29) is 0 Å². The average Bonchev–Trinajstić information content (AvgIpc) is 2.51. The van der Waals surface area contributed by atoms with Crippen LogP contribution in [-0.2, 0) is 7.05 Å². The fourth-order valence-corrected chi connectivity index (χ4v) is 1.52. The molecule has 0 spiro atoms. The van der Waals surface area contributed by atoms with Crippen LogP contribution in [0.1, 0.15) is 25.1 Å². The lowest BCUT2D eigenvalue weighted by atomic mass is 10.1. The molecule has 4 heteroatoms. The average molecular weight is 183 g/mol. The van der Waals surface area contributed by atoms with Gasteiger partial charge in [0.1, 0.15) is 0 Å². The monoisotopic (exact) mass is 183 g/mol. The number of ether oxygens (including phenoxy) is 1. The maximum atomic E-state index is 5.23. The fourth-order valence-electron chi connectivity index (χ4n) is 1.52. The molecule has 1 atom stereocenters. The van der Waals surface area contributed by atoms with Crippen LogP contribution in [0, 0.1) is 0 Å². The summed E-state index contributed by atoms with van der Waals surface area (Å²) in [7, 11) is 5.54. The summed E-state index contributed by atoms with van der Waals surface area (Å²) in [6.07, 6.45) is 2.77. The minimum absolute atomic E-state index is 0.308. The van der Waals surface area contributed by atoms with Crippen LogP contribution in [0.25, 0.3) is 0 Å². The van der Waals surface area contributed by atoms with E-state index < -0.39 is 0 Å². The first-order valence-electron chi connectivity index (χ1n) is 4.47. The first kappa shape index (κ1) is 10.1. The Hall–Kier alpha value is -1.03. The van der Waals surface area contributed by atoms with E-state index in [0.29, 0.717) is 6.04 Å². The van der Waals surface area contributed by atoms with Gasteiger partial charge in [0.05, 0.1) is 25.0 Å². The summed E-state index contributed by atoms with van der Waals surface area (Å²) in [5.74, 6) is 0.851. The van der Waals surface area contributed by atoms with Crippen LogP contribution in [0.15, 0.2) is 6.20 Å². The number of methoxy groups -OCH3 is 1. The Bertz CT molecular complexity index is 266. The molecule has 0 bridgehead atoms. The van der Waals surface area contributed by atoms with Crippen LogP contribution < -0.4 is 10.1 Å². The van der Waals surface area contributed by atoms with Gasteiger partial charge in [-0.05, 0) is 13.5 Å². The molecule has 0 radical (unpaired) electrons. The van der Waals surface area contributed by atoms with Crippen LogP contribution in [0.3, 0.4) is 0 Å². The highest BCUT2D eigenvalue weighted by atomic mass is 16.5. The molecule has 0 aliphatic heterocycles. The molecule has 0 aromatic carbocycles. The fraction of sp³-hybridized carbons (Fsp3) is 0.667. The van der Waals surface area contributed by atoms with Gasteiger partial charge in [0.25, 0.3) is 0 Å². The maximum Gasteiger partial charge on any atom is 0.161 e. The van der Waals surface area contributed by atoms with Crippen LogP contribution in [-0.4, -0.2) is 23.9 Å². The Morgan fingerprint density at radius 3 is 2.85 bits per heavy atom. The molecule has 0 saturated heterocycles. The second-order valence-corrected chi connectivity index (χ2v) is 2.97. The summed E-state index contributed by atoms with van der Waals surface area (Å²) in [5.41, 5.74) is 1.10. The third kappa shape index (κ3) is 1.83. The Kier molecular flexibility index (Phi) is 3.31. The number of rotatable bonds is 4. The largest absolute Gasteiger partial charge is 0.493 e. The topological polar surface area (TPSA) is 39.1 Å². The van der Waals surface area contributed by atoms with Crippen LogP contribution >= 0.6 is 0 Å². The molecule has 0 aliphatic carbocycles. The molecule has 1 rings (SSSR count). The van der Waals surface area contributed by atoms with Crippen molar-refractivity contribution in [3.8, 4) is 5.75 Å². The molecule has 74 valence electrons. The van der Waals surface area contributed by atoms with Gasteiger partial charge < -0.3 is 10.1 Å². The normalized spacial score (nSPS) is 12.9. The predicted molar refractivity (Wildman–Crippen MR) is 51.9 cm³/mol. The van der Waals surface area contributed by atoms with Crippen LogP contribution in [0.5, 0.6) is 5.75 Å². The van der Waals surface area contributed by atoms with Crippen molar-refractivity contribution in [2.24, 2.45) is 7.05 Å². The third-order valence-electron chi connectivity index (χ3n) is 2.26. The van der Waals surface area contributed by atoms with Crippen molar-refractivity contribution in [3.63, 3.8) is 0 Å². The van der Waals surface area contributed by atoms with Crippen molar-refractivity contribution in [1.29, 1.82) is 0 Å². The van der Waals surface area contributed by atoms with Crippen molar-refractivity contribution >= 4 is 0 Å². The highest BCUT2D eigenvalue weighted by Gasteiger charge is 2.16. The minimum atomic E-state index is 0.308. The SMILES string of the molecule is CCC(NC)c1c(OC)cnn1C. The number of hydrogen-bond acceptors (Lipinski definition) is 3. The molecular formula is C9H17N3O. The Morgan fingerprint density at radius 1 is 1.69 bits per heavy atom. The predicted octanol–water partition coefficient (Wildman–Crippen LogP) is 1.10. The van der Waals surface area contributed by atoms with E-state index >= 15 is 0 Å². The van der Waals surface area contributed by atoms with E-state index in [1.807, 2.05) is 18.8 Å². The van der Waals surface area contributed by atoms with E-state index in [2.05, 4.69) is 17.3 Å². The molecule has 13 heavy (non-hydrogen) atoms. The zero-order valence-electron chi connectivity index (χ0n) is 8.66. The second kappa shape index (κ2) is 4.28. The van der Waals surface area contributed by atoms with Crippen molar-refractivity contribution in [1.82, 2.24) is 15.1 Å². The molecule has 4 nitrogen and oxygen atoms in total. The molecule has 0 saturated carbocycles. The summed E-state index contributed by atoms with van der Waals surface area (Å²) in [5, 5.41) is 7.38. The summed E-state index contributed by atoms with van der Waals surface area (Å²) in [4.78, 5) is 0. The van der Waals surface area contributed by atoms with Gasteiger partial charge >= 0.3 is 0 Å². The number of nitrogens with zero attached hydrogens (tertiary/aromatic N) is 2. The second-order valence-electron chi connectivity index (χ2n) is 2.97. The lowest BCUT2D eigenvalue weighted by Crippen LogP contribution is -2.19. The summed E-state index contributed by atoms with van der Waals surface area (Å²) in [6, 6.07) is 0.308. The van der Waals surface area contributed by atoms with Gasteiger partial charge in [-0.3, -0.25) is 4.68 Å². The number of aromatic nitrogens is 2. The number of nitrogens with one attached hydrogen (secondary N) is 1. The van der Waals surface area contributed by atoms with Gasteiger partial charge in [-0.2, -0.15) is 5.10 Å². The zero-order chi connectivity index (χ0) is 9.84. The van der Waals surface area contributed by atoms with E-state index in [1.165, 1.54) is 0 Å². The molecule has 1 N–H and O–H groups in total. The summed E-state index contributed by atoms with van der Waals surface area (Å²) in [6.45, 7) is 2.13. The molecule has 1 heterocycles. The van der Waals surface area contributed by atoms with Crippen molar-refractivity contribution in [2.45, 2.75) is 19.4 Å². The highest BCUT2D eigenvalue weighted by Crippen LogP contribution is 2.25. The lowest BCUT2D eigenvalue weighted by Gasteiger charge is -2.15. The molecule has 0 fully saturated rings. The molecule has 1 unspecified atom stereocenters.